The second-order valence-electron chi connectivity index (χ2n) is 6.26. The highest BCUT2D eigenvalue weighted by molar-refractivity contribution is 7.07. The number of hydrogen-bond donors (Lipinski definition) is 2. The van der Waals surface area contributed by atoms with Gasteiger partial charge < -0.3 is 10.4 Å². The van der Waals surface area contributed by atoms with Gasteiger partial charge in [0.2, 0.25) is 0 Å². The molecule has 2 heterocycles. The zero-order valence-electron chi connectivity index (χ0n) is 14.9. The first-order valence-electron chi connectivity index (χ1n) is 8.36. The van der Waals surface area contributed by atoms with E-state index in [1.807, 2.05) is 0 Å². The number of aliphatic hydroxyl groups excluding tert-OH is 1. The van der Waals surface area contributed by atoms with Crippen molar-refractivity contribution in [2.75, 3.05) is 0 Å². The molecule has 0 saturated heterocycles. The first-order chi connectivity index (χ1) is 13.6. The lowest BCUT2D eigenvalue weighted by Gasteiger charge is -2.18. The standard InChI is InChI=1S/C19H15F4N3O2S/c1-10(16-8-29-9-25-16)26-18(28)13-5-11(15-3-2-14(20)7-24-15)4-12(6-13)17(27)19(21,22)23/h2-10,17,27H,1H3,(H,26,28). The lowest BCUT2D eigenvalue weighted by molar-refractivity contribution is -0.206. The zero-order valence-corrected chi connectivity index (χ0v) is 15.8. The summed E-state index contributed by atoms with van der Waals surface area (Å²) in [5.41, 5.74) is 1.87. The fourth-order valence-corrected chi connectivity index (χ4v) is 3.26. The van der Waals surface area contributed by atoms with Gasteiger partial charge in [-0.1, -0.05) is 0 Å². The summed E-state index contributed by atoms with van der Waals surface area (Å²) in [7, 11) is 0. The first kappa shape index (κ1) is 20.9. The Morgan fingerprint density at radius 1 is 1.21 bits per heavy atom. The van der Waals surface area contributed by atoms with E-state index in [4.69, 9.17) is 0 Å². The van der Waals surface area contributed by atoms with Gasteiger partial charge >= 0.3 is 6.18 Å². The van der Waals surface area contributed by atoms with Crippen LogP contribution in [0.25, 0.3) is 11.3 Å². The molecule has 29 heavy (non-hydrogen) atoms. The summed E-state index contributed by atoms with van der Waals surface area (Å²) in [4.78, 5) is 20.6. The Hall–Kier alpha value is -2.85. The summed E-state index contributed by atoms with van der Waals surface area (Å²) in [5, 5.41) is 14.1. The van der Waals surface area contributed by atoms with Gasteiger partial charge in [0.15, 0.2) is 6.10 Å². The predicted octanol–water partition coefficient (Wildman–Crippen LogP) is 4.43. The molecule has 0 fully saturated rings. The number of carbonyl (C=O) groups is 1. The molecule has 0 aliphatic heterocycles. The van der Waals surface area contributed by atoms with E-state index in [1.54, 1.807) is 17.8 Å². The SMILES string of the molecule is CC(NC(=O)c1cc(-c2ccc(F)cn2)cc(C(O)C(F)(F)F)c1)c1cscn1. The molecule has 2 atom stereocenters. The van der Waals surface area contributed by atoms with Gasteiger partial charge in [-0.3, -0.25) is 9.78 Å². The molecule has 0 saturated carbocycles. The molecule has 2 N–H and O–H groups in total. The molecule has 0 aliphatic rings. The van der Waals surface area contributed by atoms with Crippen molar-refractivity contribution in [1.29, 1.82) is 0 Å². The highest BCUT2D eigenvalue weighted by atomic mass is 32.1. The average Bonchev–Trinajstić information content (AvgIpc) is 3.22. The number of nitrogens with one attached hydrogen (secondary N) is 1. The van der Waals surface area contributed by atoms with Gasteiger partial charge in [-0.05, 0) is 42.8 Å². The van der Waals surface area contributed by atoms with Crippen LogP contribution in [0.3, 0.4) is 0 Å². The van der Waals surface area contributed by atoms with Crippen LogP contribution in [0.1, 0.15) is 40.7 Å². The van der Waals surface area contributed by atoms with E-state index in [1.165, 1.54) is 23.5 Å². The topological polar surface area (TPSA) is 75.1 Å². The van der Waals surface area contributed by atoms with E-state index in [-0.39, 0.29) is 16.8 Å². The minimum Gasteiger partial charge on any atom is -0.379 e. The van der Waals surface area contributed by atoms with Crippen LogP contribution in [0, 0.1) is 5.82 Å². The number of nitrogens with zero attached hydrogens (tertiary/aromatic N) is 2. The van der Waals surface area contributed by atoms with E-state index >= 15 is 0 Å². The van der Waals surface area contributed by atoms with E-state index in [9.17, 15) is 27.5 Å². The molecule has 2 unspecified atom stereocenters. The Morgan fingerprint density at radius 3 is 2.55 bits per heavy atom. The van der Waals surface area contributed by atoms with Crippen molar-refractivity contribution in [3.05, 3.63) is 70.1 Å². The molecule has 1 amide bonds. The maximum Gasteiger partial charge on any atom is 0.418 e. The second-order valence-corrected chi connectivity index (χ2v) is 6.98. The predicted molar refractivity (Wildman–Crippen MR) is 98.6 cm³/mol. The zero-order chi connectivity index (χ0) is 21.2. The van der Waals surface area contributed by atoms with E-state index < -0.39 is 35.6 Å². The third kappa shape index (κ3) is 4.96. The van der Waals surface area contributed by atoms with Gasteiger partial charge in [0.25, 0.3) is 5.91 Å². The van der Waals surface area contributed by atoms with Gasteiger partial charge in [0.05, 0.1) is 29.1 Å². The molecule has 0 aliphatic carbocycles. The van der Waals surface area contributed by atoms with Crippen molar-refractivity contribution in [1.82, 2.24) is 15.3 Å². The number of aliphatic hydroxyl groups is 1. The molecule has 10 heteroatoms. The largest absolute Gasteiger partial charge is 0.418 e. The maximum atomic E-state index is 13.1. The molecule has 152 valence electrons. The Labute approximate surface area is 167 Å². The summed E-state index contributed by atoms with van der Waals surface area (Å²) in [6.45, 7) is 1.68. The van der Waals surface area contributed by atoms with Gasteiger partial charge in [-0.2, -0.15) is 13.2 Å². The van der Waals surface area contributed by atoms with Crippen molar-refractivity contribution < 1.29 is 27.5 Å². The first-order valence-corrected chi connectivity index (χ1v) is 9.30. The molecule has 0 bridgehead atoms. The summed E-state index contributed by atoms with van der Waals surface area (Å²) >= 11 is 1.34. The third-order valence-corrected chi connectivity index (χ3v) is 4.71. The fraction of sp³-hybridized carbons (Fsp3) is 0.211. The van der Waals surface area contributed by atoms with Crippen LogP contribution in [0.5, 0.6) is 0 Å². The number of thiazole rings is 1. The van der Waals surface area contributed by atoms with Gasteiger partial charge in [0, 0.05) is 16.5 Å². The van der Waals surface area contributed by atoms with Crippen LogP contribution in [-0.4, -0.2) is 27.2 Å². The minimum absolute atomic E-state index is 0.103. The van der Waals surface area contributed by atoms with Crippen LogP contribution in [0.15, 0.2) is 47.4 Å². The van der Waals surface area contributed by atoms with Gasteiger partial charge in [-0.15, -0.1) is 11.3 Å². The number of alkyl halides is 3. The maximum absolute atomic E-state index is 13.1. The number of rotatable bonds is 5. The fourth-order valence-electron chi connectivity index (χ4n) is 2.61. The number of hydrogen-bond acceptors (Lipinski definition) is 5. The van der Waals surface area contributed by atoms with Crippen LogP contribution in [0.2, 0.25) is 0 Å². The van der Waals surface area contributed by atoms with Crippen LogP contribution < -0.4 is 5.32 Å². The Balaban J connectivity index is 1.99. The summed E-state index contributed by atoms with van der Waals surface area (Å²) in [6.07, 6.45) is -6.80. The Bertz CT molecular complexity index is 992. The van der Waals surface area contributed by atoms with Crippen molar-refractivity contribution >= 4 is 17.2 Å². The molecule has 3 rings (SSSR count). The van der Waals surface area contributed by atoms with Crippen LogP contribution >= 0.6 is 11.3 Å². The molecule has 1 aromatic carbocycles. The third-order valence-electron chi connectivity index (χ3n) is 4.11. The normalized spacial score (nSPS) is 13.7. The number of carbonyl (C=O) groups excluding carboxylic acids is 1. The molecular weight excluding hydrogens is 410 g/mol. The number of benzene rings is 1. The molecule has 3 aromatic rings. The van der Waals surface area contributed by atoms with E-state index in [0.717, 1.165) is 24.4 Å². The van der Waals surface area contributed by atoms with Gasteiger partial charge in [-0.25, -0.2) is 9.37 Å². The average molecular weight is 425 g/mol. The van der Waals surface area contributed by atoms with Crippen molar-refractivity contribution in [3.63, 3.8) is 0 Å². The molecule has 0 radical (unpaired) electrons. The number of halogens is 4. The summed E-state index contributed by atoms with van der Waals surface area (Å²) < 4.78 is 52.2. The van der Waals surface area contributed by atoms with Crippen LogP contribution in [0.4, 0.5) is 17.6 Å². The highest BCUT2D eigenvalue weighted by Crippen LogP contribution is 2.35. The smallest absolute Gasteiger partial charge is 0.379 e. The van der Waals surface area contributed by atoms with Crippen molar-refractivity contribution in [2.24, 2.45) is 0 Å². The number of aromatic nitrogens is 2. The Morgan fingerprint density at radius 2 is 1.97 bits per heavy atom. The van der Waals surface area contributed by atoms with E-state index in [2.05, 4.69) is 15.3 Å². The lowest BCUT2D eigenvalue weighted by atomic mass is 9.99. The summed E-state index contributed by atoms with van der Waals surface area (Å²) in [5.74, 6) is -1.26. The van der Waals surface area contributed by atoms with Crippen LogP contribution in [-0.2, 0) is 0 Å². The summed E-state index contributed by atoms with van der Waals surface area (Å²) in [6, 6.07) is 5.26. The van der Waals surface area contributed by atoms with Crippen molar-refractivity contribution in [3.8, 4) is 11.3 Å². The monoisotopic (exact) mass is 425 g/mol. The Kier molecular flexibility index (Phi) is 5.94. The number of pyridine rings is 1. The molecule has 2 aromatic heterocycles. The highest BCUT2D eigenvalue weighted by Gasteiger charge is 2.39. The van der Waals surface area contributed by atoms with Gasteiger partial charge in [0.1, 0.15) is 5.82 Å². The molecule has 5 nitrogen and oxygen atoms in total. The molecule has 0 spiro atoms. The quantitative estimate of drug-likeness (QED) is 0.593. The van der Waals surface area contributed by atoms with E-state index in [0.29, 0.717) is 5.69 Å². The number of amides is 1. The lowest BCUT2D eigenvalue weighted by Crippen LogP contribution is -2.27. The minimum atomic E-state index is -4.92. The van der Waals surface area contributed by atoms with Crippen molar-refractivity contribution in [2.45, 2.75) is 25.2 Å². The molecular formula is C19H15F4N3O2S. The second kappa shape index (κ2) is 8.26.